The first-order chi connectivity index (χ1) is 8.69. The lowest BCUT2D eigenvalue weighted by Gasteiger charge is -2.17. The van der Waals surface area contributed by atoms with Crippen molar-refractivity contribution in [1.82, 2.24) is 9.55 Å². The van der Waals surface area contributed by atoms with Gasteiger partial charge in [0, 0.05) is 10.5 Å². The summed E-state index contributed by atoms with van der Waals surface area (Å²) in [4.78, 5) is 3.32. The summed E-state index contributed by atoms with van der Waals surface area (Å²) in [6.07, 6.45) is 5.21. The Bertz CT molecular complexity index is 624. The first-order valence-corrected chi connectivity index (χ1v) is 7.79. The number of aromatic nitrogens is 2. The van der Waals surface area contributed by atoms with Gasteiger partial charge in [-0.3, -0.25) is 0 Å². The average molecular weight is 325 g/mol. The zero-order valence-corrected chi connectivity index (χ0v) is 12.9. The normalized spacial score (nSPS) is 17.2. The fraction of sp³-hybridized carbons (Fsp3) is 0.500. The van der Waals surface area contributed by atoms with Crippen molar-refractivity contribution < 1.29 is 0 Å². The maximum Gasteiger partial charge on any atom is 0.178 e. The molecule has 1 unspecified atom stereocenters. The molecule has 1 aliphatic rings. The van der Waals surface area contributed by atoms with Crippen molar-refractivity contribution in [1.29, 1.82) is 0 Å². The SMILES string of the molecule is CCC(CC1CC1)n1c(=S)[nH]c2ccc(Br)cc21. The summed E-state index contributed by atoms with van der Waals surface area (Å²) in [7, 11) is 0. The van der Waals surface area contributed by atoms with Crippen LogP contribution in [0, 0.1) is 10.7 Å². The van der Waals surface area contributed by atoms with Crippen molar-refractivity contribution in [2.75, 3.05) is 0 Å². The van der Waals surface area contributed by atoms with Gasteiger partial charge >= 0.3 is 0 Å². The molecule has 1 aromatic heterocycles. The predicted molar refractivity (Wildman–Crippen MR) is 81.5 cm³/mol. The van der Waals surface area contributed by atoms with Crippen LogP contribution in [0.3, 0.4) is 0 Å². The lowest BCUT2D eigenvalue weighted by molar-refractivity contribution is 0.434. The molecule has 1 aromatic carbocycles. The van der Waals surface area contributed by atoms with E-state index in [2.05, 4.69) is 50.6 Å². The highest BCUT2D eigenvalue weighted by Gasteiger charge is 2.26. The van der Waals surface area contributed by atoms with E-state index in [1.807, 2.05) is 0 Å². The zero-order valence-electron chi connectivity index (χ0n) is 10.4. The largest absolute Gasteiger partial charge is 0.331 e. The molecule has 1 fully saturated rings. The maximum absolute atomic E-state index is 5.50. The topological polar surface area (TPSA) is 20.7 Å². The molecule has 1 N–H and O–H groups in total. The Hall–Kier alpha value is -0.610. The molecule has 0 bridgehead atoms. The van der Waals surface area contributed by atoms with Gasteiger partial charge in [-0.15, -0.1) is 0 Å². The van der Waals surface area contributed by atoms with Gasteiger partial charge in [-0.05, 0) is 49.2 Å². The van der Waals surface area contributed by atoms with Gasteiger partial charge < -0.3 is 9.55 Å². The Kier molecular flexibility index (Phi) is 3.32. The number of fused-ring (bicyclic) bond motifs is 1. The third kappa shape index (κ3) is 2.28. The van der Waals surface area contributed by atoms with Gasteiger partial charge in [0.05, 0.1) is 11.0 Å². The van der Waals surface area contributed by atoms with Crippen molar-refractivity contribution in [2.24, 2.45) is 5.92 Å². The van der Waals surface area contributed by atoms with Gasteiger partial charge in [0.25, 0.3) is 0 Å². The first-order valence-electron chi connectivity index (χ1n) is 6.58. The summed E-state index contributed by atoms with van der Waals surface area (Å²) < 4.78 is 4.28. The molecule has 0 saturated heterocycles. The van der Waals surface area contributed by atoms with Crippen LogP contribution >= 0.6 is 28.1 Å². The third-order valence-corrected chi connectivity index (χ3v) is 4.61. The van der Waals surface area contributed by atoms with Crippen molar-refractivity contribution in [2.45, 2.75) is 38.6 Å². The smallest absolute Gasteiger partial charge is 0.178 e. The van der Waals surface area contributed by atoms with Crippen LogP contribution < -0.4 is 0 Å². The minimum absolute atomic E-state index is 0.535. The molecule has 0 amide bonds. The minimum Gasteiger partial charge on any atom is -0.331 e. The molecular formula is C14H17BrN2S. The first kappa shape index (κ1) is 12.4. The fourth-order valence-corrected chi connectivity index (χ4v) is 3.36. The third-order valence-electron chi connectivity index (χ3n) is 3.82. The summed E-state index contributed by atoms with van der Waals surface area (Å²) in [6.45, 7) is 2.26. The standard InChI is InChI=1S/C14H17BrN2S/c1-2-11(7-9-3-4-9)17-13-8-10(15)5-6-12(13)16-14(17)18/h5-6,8-9,11H,2-4,7H2,1H3,(H,16,18). The van der Waals surface area contributed by atoms with E-state index in [1.54, 1.807) is 0 Å². The van der Waals surface area contributed by atoms with Gasteiger partial charge in [-0.1, -0.05) is 35.7 Å². The van der Waals surface area contributed by atoms with Crippen LogP contribution in [0.1, 0.15) is 38.6 Å². The molecule has 3 rings (SSSR count). The summed E-state index contributed by atoms with van der Waals surface area (Å²) in [6, 6.07) is 6.85. The average Bonchev–Trinajstić information content (AvgIpc) is 3.10. The Morgan fingerprint density at radius 3 is 2.94 bits per heavy atom. The lowest BCUT2D eigenvalue weighted by atomic mass is 10.1. The molecule has 18 heavy (non-hydrogen) atoms. The highest BCUT2D eigenvalue weighted by molar-refractivity contribution is 9.10. The molecule has 1 aliphatic carbocycles. The molecule has 96 valence electrons. The molecule has 1 heterocycles. The Balaban J connectivity index is 2.10. The van der Waals surface area contributed by atoms with Crippen molar-refractivity contribution in [3.8, 4) is 0 Å². The lowest BCUT2D eigenvalue weighted by Crippen LogP contribution is -2.09. The highest BCUT2D eigenvalue weighted by Crippen LogP contribution is 2.39. The molecule has 2 nitrogen and oxygen atoms in total. The summed E-state index contributed by atoms with van der Waals surface area (Å²) in [5.41, 5.74) is 2.36. The molecule has 2 aromatic rings. The highest BCUT2D eigenvalue weighted by atomic mass is 79.9. The molecule has 0 radical (unpaired) electrons. The van der Waals surface area contributed by atoms with Gasteiger partial charge in [0.15, 0.2) is 4.77 Å². The van der Waals surface area contributed by atoms with Gasteiger partial charge in [-0.2, -0.15) is 0 Å². The number of hydrogen-bond acceptors (Lipinski definition) is 1. The summed E-state index contributed by atoms with van der Waals surface area (Å²) in [5.74, 6) is 0.925. The van der Waals surface area contributed by atoms with Crippen LogP contribution in [-0.4, -0.2) is 9.55 Å². The second-order valence-electron chi connectivity index (χ2n) is 5.20. The van der Waals surface area contributed by atoms with Gasteiger partial charge in [0.2, 0.25) is 0 Å². The number of rotatable bonds is 4. The quantitative estimate of drug-likeness (QED) is 0.765. The Labute approximate surface area is 121 Å². The van der Waals surface area contributed by atoms with E-state index in [0.717, 1.165) is 27.1 Å². The molecule has 1 atom stereocenters. The van der Waals surface area contributed by atoms with Crippen molar-refractivity contribution in [3.05, 3.63) is 27.4 Å². The van der Waals surface area contributed by atoms with Crippen LogP contribution in [-0.2, 0) is 0 Å². The Morgan fingerprint density at radius 2 is 2.28 bits per heavy atom. The summed E-state index contributed by atoms with van der Waals surface area (Å²) in [5, 5.41) is 0. The minimum atomic E-state index is 0.535. The molecule has 0 spiro atoms. The van der Waals surface area contributed by atoms with Crippen molar-refractivity contribution in [3.63, 3.8) is 0 Å². The second kappa shape index (κ2) is 4.82. The predicted octanol–water partition coefficient (Wildman–Crippen LogP) is 5.21. The van der Waals surface area contributed by atoms with E-state index in [4.69, 9.17) is 12.2 Å². The van der Waals surface area contributed by atoms with E-state index < -0.39 is 0 Å². The van der Waals surface area contributed by atoms with Crippen molar-refractivity contribution >= 4 is 39.2 Å². The number of nitrogens with one attached hydrogen (secondary N) is 1. The van der Waals surface area contributed by atoms with E-state index in [0.29, 0.717) is 6.04 Å². The Morgan fingerprint density at radius 1 is 1.50 bits per heavy atom. The number of halogens is 1. The van der Waals surface area contributed by atoms with E-state index in [-0.39, 0.29) is 0 Å². The second-order valence-corrected chi connectivity index (χ2v) is 6.51. The molecule has 0 aliphatic heterocycles. The molecule has 1 saturated carbocycles. The number of nitrogens with zero attached hydrogens (tertiary/aromatic N) is 1. The van der Waals surface area contributed by atoms with Crippen LogP contribution in [0.4, 0.5) is 0 Å². The maximum atomic E-state index is 5.50. The summed E-state index contributed by atoms with van der Waals surface area (Å²) >= 11 is 9.05. The van der Waals surface area contributed by atoms with Gasteiger partial charge in [-0.25, -0.2) is 0 Å². The zero-order chi connectivity index (χ0) is 12.7. The van der Waals surface area contributed by atoms with E-state index in [1.165, 1.54) is 24.8 Å². The number of benzene rings is 1. The van der Waals surface area contributed by atoms with Crippen LogP contribution in [0.15, 0.2) is 22.7 Å². The van der Waals surface area contributed by atoms with E-state index in [9.17, 15) is 0 Å². The van der Waals surface area contributed by atoms with Crippen LogP contribution in [0.2, 0.25) is 0 Å². The van der Waals surface area contributed by atoms with Gasteiger partial charge in [0.1, 0.15) is 0 Å². The number of hydrogen-bond donors (Lipinski definition) is 1. The number of imidazole rings is 1. The number of H-pyrrole nitrogens is 1. The van der Waals surface area contributed by atoms with Crippen LogP contribution in [0.25, 0.3) is 11.0 Å². The van der Waals surface area contributed by atoms with Crippen LogP contribution in [0.5, 0.6) is 0 Å². The molecular weight excluding hydrogens is 308 g/mol. The van der Waals surface area contributed by atoms with E-state index >= 15 is 0 Å². The fourth-order valence-electron chi connectivity index (χ4n) is 2.65. The molecule has 4 heteroatoms. The monoisotopic (exact) mass is 324 g/mol. The number of aromatic amines is 1.